The van der Waals surface area contributed by atoms with Crippen molar-refractivity contribution in [3.8, 4) is 10.6 Å². The molecule has 0 fully saturated rings. The van der Waals surface area contributed by atoms with Gasteiger partial charge < -0.3 is 15.6 Å². The number of aromatic nitrogens is 2. The lowest BCUT2D eigenvalue weighted by Gasteiger charge is -2.13. The van der Waals surface area contributed by atoms with Gasteiger partial charge in [0.2, 0.25) is 0 Å². The van der Waals surface area contributed by atoms with Crippen molar-refractivity contribution in [2.45, 2.75) is 31.2 Å². The average molecular weight is 391 g/mol. The van der Waals surface area contributed by atoms with Crippen LogP contribution in [0.1, 0.15) is 47.0 Å². The van der Waals surface area contributed by atoms with Crippen molar-refractivity contribution in [2.24, 2.45) is 5.73 Å². The second-order valence-electron chi connectivity index (χ2n) is 6.08. The summed E-state index contributed by atoms with van der Waals surface area (Å²) in [6, 6.07) is 3.55. The second-order valence-corrected chi connectivity index (χ2v) is 7.94. The third kappa shape index (κ3) is 4.02. The normalized spacial score (nSPS) is 13.5. The minimum Gasteiger partial charge on any atom is -0.365 e. The summed E-state index contributed by atoms with van der Waals surface area (Å²) in [5.41, 5.74) is 7.26. The van der Waals surface area contributed by atoms with Gasteiger partial charge in [0.25, 0.3) is 11.8 Å². The summed E-state index contributed by atoms with van der Waals surface area (Å²) in [5.74, 6) is 0.367. The molecule has 8 heteroatoms. The molecule has 2 aromatic heterocycles. The molecular weight excluding hydrogens is 368 g/mol. The number of nitrogens with zero attached hydrogens (tertiary/aromatic N) is 2. The van der Waals surface area contributed by atoms with Gasteiger partial charge in [0.15, 0.2) is 0 Å². The molecule has 0 saturated heterocycles. The van der Waals surface area contributed by atoms with Crippen LogP contribution in [0.4, 0.5) is 0 Å². The molecule has 26 heavy (non-hydrogen) atoms. The van der Waals surface area contributed by atoms with Crippen LogP contribution >= 0.6 is 23.3 Å². The Hall–Kier alpha value is -2.06. The van der Waals surface area contributed by atoms with E-state index in [9.17, 15) is 9.59 Å². The van der Waals surface area contributed by atoms with Crippen LogP contribution in [0.15, 0.2) is 29.3 Å². The average Bonchev–Trinajstić information content (AvgIpc) is 3.38. The Morgan fingerprint density at radius 3 is 2.77 bits per heavy atom. The molecule has 3 rings (SSSR count). The molecule has 0 radical (unpaired) electrons. The van der Waals surface area contributed by atoms with E-state index in [4.69, 9.17) is 5.73 Å². The first-order valence-corrected chi connectivity index (χ1v) is 10.4. The summed E-state index contributed by atoms with van der Waals surface area (Å²) in [5, 5.41) is 0.680. The van der Waals surface area contributed by atoms with Crippen LogP contribution in [0.3, 0.4) is 0 Å². The molecule has 0 saturated carbocycles. The number of carbonyl (C=O) groups excluding carboxylic acids is 2. The van der Waals surface area contributed by atoms with E-state index in [-0.39, 0.29) is 5.91 Å². The predicted octanol–water partition coefficient (Wildman–Crippen LogP) is 3.53. The van der Waals surface area contributed by atoms with Crippen LogP contribution in [-0.4, -0.2) is 44.9 Å². The zero-order valence-corrected chi connectivity index (χ0v) is 16.3. The van der Waals surface area contributed by atoms with Crippen LogP contribution in [0.25, 0.3) is 10.6 Å². The number of thioether (sulfide) groups is 1. The number of H-pyrrole nitrogens is 1. The first kappa shape index (κ1) is 18.7. The van der Waals surface area contributed by atoms with Gasteiger partial charge in [-0.2, -0.15) is 4.37 Å². The van der Waals surface area contributed by atoms with Gasteiger partial charge in [0.05, 0.1) is 16.1 Å². The minimum atomic E-state index is -0.488. The summed E-state index contributed by atoms with van der Waals surface area (Å²) in [4.78, 5) is 30.0. The molecule has 6 nitrogen and oxygen atoms in total. The SMILES string of the molecule is CCCCCSc1nsc(-c2ccc(C(=O)N3CC=CC3)[nH]2)c1C(N)=O. The molecule has 3 heterocycles. The quantitative estimate of drug-likeness (QED) is 0.410. The highest BCUT2D eigenvalue weighted by Crippen LogP contribution is 2.35. The number of nitrogens with two attached hydrogens (primary N) is 1. The Labute approximate surface area is 161 Å². The molecule has 1 aliphatic heterocycles. The fraction of sp³-hybridized carbons (Fsp3) is 0.389. The van der Waals surface area contributed by atoms with Crippen molar-refractivity contribution in [1.82, 2.24) is 14.3 Å². The van der Waals surface area contributed by atoms with E-state index in [1.807, 2.05) is 18.2 Å². The Morgan fingerprint density at radius 1 is 1.31 bits per heavy atom. The lowest BCUT2D eigenvalue weighted by molar-refractivity contribution is 0.0795. The molecule has 0 bridgehead atoms. The third-order valence-corrected chi connectivity index (χ3v) is 6.22. The van der Waals surface area contributed by atoms with Crippen molar-refractivity contribution in [3.63, 3.8) is 0 Å². The molecule has 138 valence electrons. The van der Waals surface area contributed by atoms with Crippen LogP contribution < -0.4 is 5.73 Å². The van der Waals surface area contributed by atoms with Crippen molar-refractivity contribution in [2.75, 3.05) is 18.8 Å². The maximum atomic E-state index is 12.5. The molecule has 2 amide bonds. The fourth-order valence-electron chi connectivity index (χ4n) is 2.76. The molecule has 0 aromatic carbocycles. The number of hydrogen-bond acceptors (Lipinski definition) is 5. The third-order valence-electron chi connectivity index (χ3n) is 4.16. The van der Waals surface area contributed by atoms with Gasteiger partial charge in [0.1, 0.15) is 10.7 Å². The smallest absolute Gasteiger partial charge is 0.270 e. The van der Waals surface area contributed by atoms with Crippen LogP contribution in [0.2, 0.25) is 0 Å². The molecule has 0 aliphatic carbocycles. The van der Waals surface area contributed by atoms with Crippen LogP contribution in [0, 0.1) is 0 Å². The number of primary amides is 1. The fourth-order valence-corrected chi connectivity index (χ4v) is 4.81. The molecule has 0 unspecified atom stereocenters. The zero-order valence-electron chi connectivity index (χ0n) is 14.7. The Balaban J connectivity index is 1.79. The Bertz CT molecular complexity index is 817. The lowest BCUT2D eigenvalue weighted by atomic mass is 10.2. The van der Waals surface area contributed by atoms with Crippen molar-refractivity contribution in [1.29, 1.82) is 0 Å². The van der Waals surface area contributed by atoms with E-state index in [0.717, 1.165) is 25.0 Å². The van der Waals surface area contributed by atoms with Gasteiger partial charge in [-0.05, 0) is 35.8 Å². The van der Waals surface area contributed by atoms with Gasteiger partial charge in [0, 0.05) is 13.1 Å². The van der Waals surface area contributed by atoms with E-state index in [1.165, 1.54) is 11.5 Å². The first-order valence-electron chi connectivity index (χ1n) is 8.67. The van der Waals surface area contributed by atoms with E-state index >= 15 is 0 Å². The molecule has 3 N–H and O–H groups in total. The summed E-state index contributed by atoms with van der Waals surface area (Å²) < 4.78 is 4.42. The zero-order chi connectivity index (χ0) is 18.5. The topological polar surface area (TPSA) is 92.1 Å². The highest BCUT2D eigenvalue weighted by molar-refractivity contribution is 7.99. The maximum Gasteiger partial charge on any atom is 0.270 e. The molecule has 2 aromatic rings. The minimum absolute atomic E-state index is 0.0550. The summed E-state index contributed by atoms with van der Waals surface area (Å²) in [6.45, 7) is 3.40. The molecule has 0 spiro atoms. The second kappa shape index (κ2) is 8.55. The lowest BCUT2D eigenvalue weighted by Crippen LogP contribution is -2.28. The van der Waals surface area contributed by atoms with Crippen LogP contribution in [-0.2, 0) is 0 Å². The molecular formula is C18H22N4O2S2. The van der Waals surface area contributed by atoms with E-state index < -0.39 is 5.91 Å². The maximum absolute atomic E-state index is 12.5. The van der Waals surface area contributed by atoms with Crippen molar-refractivity contribution in [3.05, 3.63) is 35.5 Å². The van der Waals surface area contributed by atoms with Gasteiger partial charge in [-0.1, -0.05) is 31.9 Å². The van der Waals surface area contributed by atoms with E-state index in [0.29, 0.717) is 39.9 Å². The number of aromatic amines is 1. The highest BCUT2D eigenvalue weighted by atomic mass is 32.2. The Morgan fingerprint density at radius 2 is 2.08 bits per heavy atom. The van der Waals surface area contributed by atoms with Gasteiger partial charge in [-0.25, -0.2) is 0 Å². The summed E-state index contributed by atoms with van der Waals surface area (Å²) in [7, 11) is 0. The van der Waals surface area contributed by atoms with Crippen molar-refractivity contribution >= 4 is 35.1 Å². The van der Waals surface area contributed by atoms with Gasteiger partial charge in [-0.15, -0.1) is 11.8 Å². The number of rotatable bonds is 8. The van der Waals surface area contributed by atoms with Crippen LogP contribution in [0.5, 0.6) is 0 Å². The number of amides is 2. The Kier molecular flexibility index (Phi) is 6.16. The standard InChI is InChI=1S/C18H22N4O2S2/c1-2-3-6-11-25-17-14(16(19)23)15(26-21-17)12-7-8-13(20-12)18(24)22-9-4-5-10-22/h4-5,7-8,20H,2-3,6,9-11H2,1H3,(H2,19,23). The largest absolute Gasteiger partial charge is 0.365 e. The first-order chi connectivity index (χ1) is 12.6. The van der Waals surface area contributed by atoms with Gasteiger partial charge in [-0.3, -0.25) is 9.59 Å². The van der Waals surface area contributed by atoms with E-state index in [1.54, 1.807) is 22.7 Å². The van der Waals surface area contributed by atoms with E-state index in [2.05, 4.69) is 16.3 Å². The number of unbranched alkanes of at least 4 members (excludes halogenated alkanes) is 2. The monoisotopic (exact) mass is 390 g/mol. The number of nitrogens with one attached hydrogen (secondary N) is 1. The predicted molar refractivity (Wildman–Crippen MR) is 106 cm³/mol. The molecule has 0 atom stereocenters. The van der Waals surface area contributed by atoms with Crippen molar-refractivity contribution < 1.29 is 9.59 Å². The van der Waals surface area contributed by atoms with Gasteiger partial charge >= 0.3 is 0 Å². The summed E-state index contributed by atoms with van der Waals surface area (Å²) in [6.07, 6.45) is 7.33. The highest BCUT2D eigenvalue weighted by Gasteiger charge is 2.23. The molecule has 1 aliphatic rings. The summed E-state index contributed by atoms with van der Waals surface area (Å²) >= 11 is 2.80. The number of carbonyl (C=O) groups is 2. The number of hydrogen-bond donors (Lipinski definition) is 2.